The molecule has 2 heteroatoms. The topological polar surface area (TPSA) is 12.0 Å². The van der Waals surface area contributed by atoms with Crippen molar-refractivity contribution in [2.24, 2.45) is 5.92 Å². The highest BCUT2D eigenvalue weighted by Crippen LogP contribution is 2.26. The minimum atomic E-state index is -0.176. The van der Waals surface area contributed by atoms with Gasteiger partial charge >= 0.3 is 0 Å². The predicted octanol–water partition coefficient (Wildman–Crippen LogP) is 4.80. The van der Waals surface area contributed by atoms with E-state index in [4.69, 9.17) is 0 Å². The molecule has 0 atom stereocenters. The van der Waals surface area contributed by atoms with Gasteiger partial charge in [0.05, 0.1) is 0 Å². The Balaban J connectivity index is 2.36. The van der Waals surface area contributed by atoms with Gasteiger partial charge in [0.15, 0.2) is 0 Å². The van der Waals surface area contributed by atoms with Crippen molar-refractivity contribution in [3.63, 3.8) is 0 Å². The van der Waals surface area contributed by atoms with Crippen LogP contribution in [0.2, 0.25) is 0 Å². The first-order chi connectivity index (χ1) is 10.1. The van der Waals surface area contributed by atoms with Crippen LogP contribution < -0.4 is 5.32 Å². The maximum atomic E-state index is 13.5. The first-order valence-electron chi connectivity index (χ1n) is 7.68. The van der Waals surface area contributed by atoms with E-state index in [-0.39, 0.29) is 5.82 Å². The summed E-state index contributed by atoms with van der Waals surface area (Å²) in [6.45, 7) is 8.08. The van der Waals surface area contributed by atoms with Crippen molar-refractivity contribution in [3.8, 4) is 11.1 Å². The molecule has 0 radical (unpaired) electrons. The van der Waals surface area contributed by atoms with Crippen LogP contribution in [-0.2, 0) is 13.0 Å². The standard InChI is InChI=1S/C19H24FN/c1-4-21-13-17-12-18(20)8-9-19(17)16-7-5-6-15(11-16)10-14(2)3/h5-9,11-12,14,21H,4,10,13H2,1-3H3. The molecule has 21 heavy (non-hydrogen) atoms. The van der Waals surface area contributed by atoms with Gasteiger partial charge in [0.25, 0.3) is 0 Å². The normalized spacial score (nSPS) is 11.1. The quantitative estimate of drug-likeness (QED) is 0.804. The van der Waals surface area contributed by atoms with Crippen molar-refractivity contribution >= 4 is 0 Å². The Morgan fingerprint density at radius 1 is 1.10 bits per heavy atom. The van der Waals surface area contributed by atoms with E-state index in [0.29, 0.717) is 12.5 Å². The van der Waals surface area contributed by atoms with Crippen molar-refractivity contribution in [1.29, 1.82) is 0 Å². The van der Waals surface area contributed by atoms with Gasteiger partial charge in [-0.05, 0) is 53.3 Å². The minimum absolute atomic E-state index is 0.176. The average Bonchev–Trinajstić information content (AvgIpc) is 2.44. The number of benzene rings is 2. The smallest absolute Gasteiger partial charge is 0.123 e. The molecule has 2 rings (SSSR count). The maximum absolute atomic E-state index is 13.5. The van der Waals surface area contributed by atoms with Gasteiger partial charge in [-0.1, -0.05) is 51.1 Å². The van der Waals surface area contributed by atoms with Crippen molar-refractivity contribution in [1.82, 2.24) is 5.32 Å². The third kappa shape index (κ3) is 4.40. The number of nitrogens with one attached hydrogen (secondary N) is 1. The van der Waals surface area contributed by atoms with E-state index in [9.17, 15) is 4.39 Å². The molecule has 0 aliphatic heterocycles. The molecule has 0 amide bonds. The molecule has 1 nitrogen and oxygen atoms in total. The Hall–Kier alpha value is -1.67. The molecule has 0 heterocycles. The van der Waals surface area contributed by atoms with Crippen LogP contribution >= 0.6 is 0 Å². The molecule has 0 aliphatic rings. The van der Waals surface area contributed by atoms with Crippen LogP contribution in [-0.4, -0.2) is 6.54 Å². The van der Waals surface area contributed by atoms with Gasteiger partial charge in [-0.2, -0.15) is 0 Å². The summed E-state index contributed by atoms with van der Waals surface area (Å²) in [5.74, 6) is 0.458. The number of rotatable bonds is 6. The van der Waals surface area contributed by atoms with Crippen LogP contribution in [0.15, 0.2) is 42.5 Å². The van der Waals surface area contributed by atoms with Gasteiger partial charge in [0, 0.05) is 6.54 Å². The van der Waals surface area contributed by atoms with Crippen molar-refractivity contribution in [2.45, 2.75) is 33.7 Å². The van der Waals surface area contributed by atoms with Crippen LogP contribution in [0.4, 0.5) is 4.39 Å². The second-order valence-electron chi connectivity index (χ2n) is 5.88. The molecule has 0 fully saturated rings. The molecule has 1 N–H and O–H groups in total. The zero-order valence-electron chi connectivity index (χ0n) is 13.1. The summed E-state index contributed by atoms with van der Waals surface area (Å²) in [5, 5.41) is 3.28. The highest BCUT2D eigenvalue weighted by molar-refractivity contribution is 5.68. The zero-order valence-corrected chi connectivity index (χ0v) is 13.1. The molecule has 0 saturated heterocycles. The van der Waals surface area contributed by atoms with Gasteiger partial charge in [-0.25, -0.2) is 4.39 Å². The van der Waals surface area contributed by atoms with E-state index in [2.05, 4.69) is 50.4 Å². The lowest BCUT2D eigenvalue weighted by atomic mass is 9.95. The first-order valence-corrected chi connectivity index (χ1v) is 7.68. The van der Waals surface area contributed by atoms with E-state index in [1.165, 1.54) is 11.1 Å². The summed E-state index contributed by atoms with van der Waals surface area (Å²) in [7, 11) is 0. The Bertz CT molecular complexity index is 590. The number of hydrogen-bond donors (Lipinski definition) is 1. The summed E-state index contributed by atoms with van der Waals surface area (Å²) in [5.41, 5.74) is 4.63. The number of hydrogen-bond acceptors (Lipinski definition) is 1. The fraction of sp³-hybridized carbons (Fsp3) is 0.368. The van der Waals surface area contributed by atoms with Crippen LogP contribution in [0.5, 0.6) is 0 Å². The fourth-order valence-corrected chi connectivity index (χ4v) is 2.59. The molecule has 2 aromatic carbocycles. The molecule has 0 bridgehead atoms. The molecule has 112 valence electrons. The monoisotopic (exact) mass is 285 g/mol. The van der Waals surface area contributed by atoms with Gasteiger partial charge in [-0.3, -0.25) is 0 Å². The summed E-state index contributed by atoms with van der Waals surface area (Å²) in [6, 6.07) is 13.6. The van der Waals surface area contributed by atoms with Gasteiger partial charge < -0.3 is 5.32 Å². The number of halogens is 1. The Morgan fingerprint density at radius 3 is 2.62 bits per heavy atom. The molecule has 0 aliphatic carbocycles. The zero-order chi connectivity index (χ0) is 15.2. The van der Waals surface area contributed by atoms with E-state index in [0.717, 1.165) is 24.1 Å². The molecule has 0 saturated carbocycles. The first kappa shape index (κ1) is 15.7. The molecule has 0 spiro atoms. The summed E-state index contributed by atoms with van der Waals surface area (Å²) >= 11 is 0. The second kappa shape index (κ2) is 7.37. The van der Waals surface area contributed by atoms with Crippen molar-refractivity contribution in [2.75, 3.05) is 6.54 Å². The second-order valence-corrected chi connectivity index (χ2v) is 5.88. The lowest BCUT2D eigenvalue weighted by Gasteiger charge is -2.12. The van der Waals surface area contributed by atoms with Crippen molar-refractivity contribution in [3.05, 3.63) is 59.4 Å². The van der Waals surface area contributed by atoms with E-state index in [1.807, 2.05) is 6.07 Å². The largest absolute Gasteiger partial charge is 0.313 e. The van der Waals surface area contributed by atoms with Crippen LogP contribution in [0.3, 0.4) is 0 Å². The third-order valence-corrected chi connectivity index (χ3v) is 3.51. The molecule has 2 aromatic rings. The van der Waals surface area contributed by atoms with Gasteiger partial charge in [-0.15, -0.1) is 0 Å². The van der Waals surface area contributed by atoms with E-state index >= 15 is 0 Å². The molecular weight excluding hydrogens is 261 g/mol. The van der Waals surface area contributed by atoms with Crippen molar-refractivity contribution < 1.29 is 4.39 Å². The SMILES string of the molecule is CCNCc1cc(F)ccc1-c1cccc(CC(C)C)c1. The summed E-state index contributed by atoms with van der Waals surface area (Å²) in [6.07, 6.45) is 1.07. The Kier molecular flexibility index (Phi) is 5.51. The maximum Gasteiger partial charge on any atom is 0.123 e. The van der Waals surface area contributed by atoms with Crippen LogP contribution in [0.25, 0.3) is 11.1 Å². The van der Waals surface area contributed by atoms with Crippen LogP contribution in [0.1, 0.15) is 31.9 Å². The highest BCUT2D eigenvalue weighted by atomic mass is 19.1. The van der Waals surface area contributed by atoms with Gasteiger partial charge in [0.2, 0.25) is 0 Å². The highest BCUT2D eigenvalue weighted by Gasteiger charge is 2.08. The van der Waals surface area contributed by atoms with E-state index in [1.54, 1.807) is 12.1 Å². The average molecular weight is 285 g/mol. The lowest BCUT2D eigenvalue weighted by molar-refractivity contribution is 0.622. The van der Waals surface area contributed by atoms with E-state index < -0.39 is 0 Å². The molecule has 0 aromatic heterocycles. The predicted molar refractivity (Wildman–Crippen MR) is 87.8 cm³/mol. The summed E-state index contributed by atoms with van der Waals surface area (Å²) < 4.78 is 13.5. The third-order valence-electron chi connectivity index (χ3n) is 3.51. The minimum Gasteiger partial charge on any atom is -0.313 e. The lowest BCUT2D eigenvalue weighted by Crippen LogP contribution is -2.12. The Labute approximate surface area is 127 Å². The molecule has 0 unspecified atom stereocenters. The molecular formula is C19H24FN. The van der Waals surface area contributed by atoms with Gasteiger partial charge in [0.1, 0.15) is 5.82 Å². The van der Waals surface area contributed by atoms with Crippen LogP contribution in [0, 0.1) is 11.7 Å². The summed E-state index contributed by atoms with van der Waals surface area (Å²) in [4.78, 5) is 0. The fourth-order valence-electron chi connectivity index (χ4n) is 2.59. The Morgan fingerprint density at radius 2 is 1.90 bits per heavy atom.